The van der Waals surface area contributed by atoms with Gasteiger partial charge in [0.1, 0.15) is 6.10 Å². The highest BCUT2D eigenvalue weighted by Gasteiger charge is 2.44. The topological polar surface area (TPSA) is 69.5 Å². The van der Waals surface area contributed by atoms with Crippen molar-refractivity contribution in [2.24, 2.45) is 7.05 Å². The van der Waals surface area contributed by atoms with E-state index in [9.17, 15) is 4.79 Å². The van der Waals surface area contributed by atoms with Gasteiger partial charge in [-0.15, -0.1) is 0 Å². The first kappa shape index (κ1) is 17.2. The molecule has 4 rings (SSSR count). The fourth-order valence-corrected chi connectivity index (χ4v) is 3.91. The van der Waals surface area contributed by atoms with Crippen molar-refractivity contribution in [1.29, 1.82) is 0 Å². The highest BCUT2D eigenvalue weighted by atomic mass is 16.5. The molecule has 1 aliphatic heterocycles. The van der Waals surface area contributed by atoms with Crippen LogP contribution in [0.1, 0.15) is 24.1 Å². The summed E-state index contributed by atoms with van der Waals surface area (Å²) >= 11 is 0. The van der Waals surface area contributed by atoms with E-state index in [2.05, 4.69) is 10.1 Å². The Labute approximate surface area is 152 Å². The average molecular weight is 356 g/mol. The summed E-state index contributed by atoms with van der Waals surface area (Å²) in [6.07, 6.45) is 7.54. The SMILES string of the molecule is Cn1ccc(CC(=O)N2CCO[C@H]3CC[C@H]2[C@H]3OCc2cccnc2)n1. The predicted octanol–water partition coefficient (Wildman–Crippen LogP) is 1.33. The number of pyridine rings is 1. The molecular weight excluding hydrogens is 332 g/mol. The highest BCUT2D eigenvalue weighted by molar-refractivity contribution is 5.78. The summed E-state index contributed by atoms with van der Waals surface area (Å²) in [4.78, 5) is 19.0. The number of hydrogen-bond donors (Lipinski definition) is 0. The van der Waals surface area contributed by atoms with Crippen LogP contribution in [0, 0.1) is 0 Å². The minimum absolute atomic E-state index is 0.0596. The molecule has 2 aliphatic rings. The summed E-state index contributed by atoms with van der Waals surface area (Å²) in [5, 5.41) is 4.32. The van der Waals surface area contributed by atoms with E-state index in [-0.39, 0.29) is 24.2 Å². The van der Waals surface area contributed by atoms with Gasteiger partial charge in [-0.3, -0.25) is 14.5 Å². The van der Waals surface area contributed by atoms with E-state index < -0.39 is 0 Å². The summed E-state index contributed by atoms with van der Waals surface area (Å²) in [6.45, 7) is 1.65. The largest absolute Gasteiger partial charge is 0.374 e. The third kappa shape index (κ3) is 3.64. The van der Waals surface area contributed by atoms with Gasteiger partial charge in [0.05, 0.1) is 37.5 Å². The zero-order valence-corrected chi connectivity index (χ0v) is 15.0. The maximum atomic E-state index is 12.9. The van der Waals surface area contributed by atoms with Crippen molar-refractivity contribution in [1.82, 2.24) is 19.7 Å². The quantitative estimate of drug-likeness (QED) is 0.808. The molecular formula is C19H24N4O3. The molecule has 2 aromatic rings. The van der Waals surface area contributed by atoms with E-state index >= 15 is 0 Å². The molecule has 2 aromatic heterocycles. The first-order chi connectivity index (χ1) is 12.7. The Morgan fingerprint density at radius 3 is 3.08 bits per heavy atom. The van der Waals surface area contributed by atoms with Gasteiger partial charge in [-0.2, -0.15) is 5.10 Å². The lowest BCUT2D eigenvalue weighted by molar-refractivity contribution is -0.135. The fraction of sp³-hybridized carbons (Fsp3) is 0.526. The molecule has 0 radical (unpaired) electrons. The van der Waals surface area contributed by atoms with Crippen LogP contribution < -0.4 is 0 Å². The van der Waals surface area contributed by atoms with Crippen molar-refractivity contribution in [2.45, 2.75) is 44.1 Å². The number of carbonyl (C=O) groups excluding carboxylic acids is 1. The summed E-state index contributed by atoms with van der Waals surface area (Å²) in [5.41, 5.74) is 1.83. The predicted molar refractivity (Wildman–Crippen MR) is 94.2 cm³/mol. The normalized spacial score (nSPS) is 25.3. The summed E-state index contributed by atoms with van der Waals surface area (Å²) < 4.78 is 13.9. The van der Waals surface area contributed by atoms with Crippen LogP contribution in [-0.2, 0) is 34.3 Å². The Balaban J connectivity index is 1.44. The van der Waals surface area contributed by atoms with Crippen LogP contribution in [0.25, 0.3) is 0 Å². The van der Waals surface area contributed by atoms with Gasteiger partial charge >= 0.3 is 0 Å². The fourth-order valence-electron chi connectivity index (χ4n) is 3.91. The first-order valence-corrected chi connectivity index (χ1v) is 9.11. The van der Waals surface area contributed by atoms with Gasteiger partial charge < -0.3 is 14.4 Å². The zero-order valence-electron chi connectivity index (χ0n) is 15.0. The molecule has 3 heterocycles. The van der Waals surface area contributed by atoms with E-state index in [1.165, 1.54) is 0 Å². The lowest BCUT2D eigenvalue weighted by Gasteiger charge is -2.31. The number of carbonyl (C=O) groups is 1. The molecule has 1 saturated heterocycles. The van der Waals surface area contributed by atoms with Gasteiger partial charge in [0.15, 0.2) is 0 Å². The number of aromatic nitrogens is 3. The number of rotatable bonds is 5. The molecule has 26 heavy (non-hydrogen) atoms. The molecule has 0 N–H and O–H groups in total. The minimum Gasteiger partial charge on any atom is -0.374 e. The smallest absolute Gasteiger partial charge is 0.229 e. The first-order valence-electron chi connectivity index (χ1n) is 9.11. The third-order valence-electron chi connectivity index (χ3n) is 5.14. The molecule has 1 saturated carbocycles. The van der Waals surface area contributed by atoms with Crippen molar-refractivity contribution in [3.05, 3.63) is 48.0 Å². The maximum absolute atomic E-state index is 12.9. The van der Waals surface area contributed by atoms with Crippen LogP contribution in [0.3, 0.4) is 0 Å². The summed E-state index contributed by atoms with van der Waals surface area (Å²) in [6, 6.07) is 5.85. The standard InChI is InChI=1S/C19H24N4O3/c1-22-8-6-15(21-22)11-18(24)23-9-10-25-17-5-4-16(23)19(17)26-13-14-3-2-7-20-12-14/h2-3,6-8,12,16-17,19H,4-5,9-11,13H2,1H3/t16-,17-,19+/m0/s1. The highest BCUT2D eigenvalue weighted by Crippen LogP contribution is 2.33. The van der Waals surface area contributed by atoms with Gasteiger partial charge in [0.2, 0.25) is 5.91 Å². The number of ether oxygens (including phenoxy) is 2. The molecule has 7 nitrogen and oxygen atoms in total. The van der Waals surface area contributed by atoms with Crippen molar-refractivity contribution in [3.8, 4) is 0 Å². The van der Waals surface area contributed by atoms with Crippen LogP contribution in [0.4, 0.5) is 0 Å². The van der Waals surface area contributed by atoms with Crippen LogP contribution in [0.2, 0.25) is 0 Å². The van der Waals surface area contributed by atoms with Gasteiger partial charge in [0, 0.05) is 32.2 Å². The summed E-state index contributed by atoms with van der Waals surface area (Å²) in [5.74, 6) is 0.0924. The molecule has 7 heteroatoms. The van der Waals surface area contributed by atoms with Gasteiger partial charge in [0.25, 0.3) is 0 Å². The number of aryl methyl sites for hydroxylation is 1. The maximum Gasteiger partial charge on any atom is 0.229 e. The molecule has 0 unspecified atom stereocenters. The summed E-state index contributed by atoms with van der Waals surface area (Å²) in [7, 11) is 1.86. The van der Waals surface area contributed by atoms with Crippen molar-refractivity contribution in [3.63, 3.8) is 0 Å². The second kappa shape index (κ2) is 7.55. The molecule has 2 fully saturated rings. The Kier molecular flexibility index (Phi) is 4.99. The molecule has 3 atom stereocenters. The van der Waals surface area contributed by atoms with E-state index in [1.807, 2.05) is 42.5 Å². The second-order valence-electron chi connectivity index (χ2n) is 6.94. The lowest BCUT2D eigenvalue weighted by atomic mass is 10.1. The van der Waals surface area contributed by atoms with Gasteiger partial charge in [-0.25, -0.2) is 0 Å². The number of amides is 1. The van der Waals surface area contributed by atoms with E-state index in [1.54, 1.807) is 10.9 Å². The number of hydrogen-bond acceptors (Lipinski definition) is 5. The van der Waals surface area contributed by atoms with Crippen LogP contribution in [0.5, 0.6) is 0 Å². The zero-order chi connectivity index (χ0) is 17.9. The van der Waals surface area contributed by atoms with E-state index in [4.69, 9.17) is 9.47 Å². The third-order valence-corrected chi connectivity index (χ3v) is 5.14. The molecule has 0 spiro atoms. The minimum atomic E-state index is -0.0922. The monoisotopic (exact) mass is 356 g/mol. The van der Waals surface area contributed by atoms with E-state index in [0.29, 0.717) is 26.2 Å². The van der Waals surface area contributed by atoms with Crippen LogP contribution in [0.15, 0.2) is 36.8 Å². The van der Waals surface area contributed by atoms with Gasteiger partial charge in [-0.05, 0) is 30.5 Å². The van der Waals surface area contributed by atoms with E-state index in [0.717, 1.165) is 24.1 Å². The lowest BCUT2D eigenvalue weighted by Crippen LogP contribution is -2.47. The van der Waals surface area contributed by atoms with Crippen molar-refractivity contribution >= 4 is 5.91 Å². The van der Waals surface area contributed by atoms with Crippen LogP contribution in [-0.4, -0.2) is 57.0 Å². The Hall–Kier alpha value is -2.25. The van der Waals surface area contributed by atoms with Gasteiger partial charge in [-0.1, -0.05) is 6.07 Å². The molecule has 2 bridgehead atoms. The Morgan fingerprint density at radius 1 is 1.38 bits per heavy atom. The molecule has 138 valence electrons. The molecule has 1 aliphatic carbocycles. The van der Waals surface area contributed by atoms with Crippen molar-refractivity contribution < 1.29 is 14.3 Å². The molecule has 1 amide bonds. The van der Waals surface area contributed by atoms with Crippen LogP contribution >= 0.6 is 0 Å². The molecule has 0 aromatic carbocycles. The Morgan fingerprint density at radius 2 is 2.31 bits per heavy atom. The van der Waals surface area contributed by atoms with Crippen molar-refractivity contribution in [2.75, 3.05) is 13.2 Å². The number of fused-ring (bicyclic) bond motifs is 2. The average Bonchev–Trinajstić information content (AvgIpc) is 3.16. The number of nitrogens with zero attached hydrogens (tertiary/aromatic N) is 4. The Bertz CT molecular complexity index is 748. The second-order valence-corrected chi connectivity index (χ2v) is 6.94.